The van der Waals surface area contributed by atoms with Crippen LogP contribution in [0.1, 0.15) is 11.3 Å². The Bertz CT molecular complexity index is 1160. The number of H-pyrrole nitrogens is 1. The Morgan fingerprint density at radius 1 is 1.04 bits per heavy atom. The molecule has 0 unspecified atom stereocenters. The number of carbonyl (C=O) groups is 1. The van der Waals surface area contributed by atoms with Crippen molar-refractivity contribution >= 4 is 29.1 Å². The third-order valence-electron chi connectivity index (χ3n) is 3.92. The SMILES string of the molecule is O=C(CSc1nnc2[nH]c(=O)c(Cc3ccccc3)nn12)Nc1ccccc1. The molecule has 0 aliphatic carbocycles. The number of aromatic amines is 1. The summed E-state index contributed by atoms with van der Waals surface area (Å²) in [6.07, 6.45) is 0.392. The van der Waals surface area contributed by atoms with E-state index in [1.807, 2.05) is 60.7 Å². The van der Waals surface area contributed by atoms with Crippen LogP contribution in [0.25, 0.3) is 5.78 Å². The minimum absolute atomic E-state index is 0.143. The summed E-state index contributed by atoms with van der Waals surface area (Å²) in [5, 5.41) is 15.6. The molecule has 0 spiro atoms. The topological polar surface area (TPSA) is 105 Å². The van der Waals surface area contributed by atoms with Gasteiger partial charge in [0.25, 0.3) is 11.3 Å². The number of carbonyl (C=O) groups excluding carboxylic acids is 1. The predicted molar refractivity (Wildman–Crippen MR) is 106 cm³/mol. The van der Waals surface area contributed by atoms with Gasteiger partial charge in [-0.25, -0.2) is 0 Å². The largest absolute Gasteiger partial charge is 0.325 e. The number of fused-ring (bicyclic) bond motifs is 1. The quantitative estimate of drug-likeness (QED) is 0.487. The maximum atomic E-state index is 12.2. The second-order valence-electron chi connectivity index (χ2n) is 5.98. The molecular weight excluding hydrogens is 376 g/mol. The number of nitrogens with one attached hydrogen (secondary N) is 2. The fourth-order valence-electron chi connectivity index (χ4n) is 2.62. The minimum atomic E-state index is -0.304. The fourth-order valence-corrected chi connectivity index (χ4v) is 3.30. The predicted octanol–water partition coefficient (Wildman–Crippen LogP) is 2.13. The third-order valence-corrected chi connectivity index (χ3v) is 4.84. The van der Waals surface area contributed by atoms with Crippen molar-refractivity contribution in [3.05, 3.63) is 82.3 Å². The van der Waals surface area contributed by atoms with Gasteiger partial charge >= 0.3 is 0 Å². The Hall–Kier alpha value is -3.46. The Labute approximate surface area is 164 Å². The highest BCUT2D eigenvalue weighted by Gasteiger charge is 2.14. The molecule has 1 amide bonds. The van der Waals surface area contributed by atoms with Gasteiger partial charge < -0.3 is 5.32 Å². The zero-order chi connectivity index (χ0) is 19.3. The lowest BCUT2D eigenvalue weighted by Gasteiger charge is -2.04. The third kappa shape index (κ3) is 4.09. The zero-order valence-electron chi connectivity index (χ0n) is 14.7. The van der Waals surface area contributed by atoms with Gasteiger partial charge in [-0.2, -0.15) is 9.61 Å². The molecule has 4 aromatic rings. The summed E-state index contributed by atoms with van der Waals surface area (Å²) < 4.78 is 1.46. The second kappa shape index (κ2) is 8.05. The molecule has 8 nitrogen and oxygen atoms in total. The van der Waals surface area contributed by atoms with Gasteiger partial charge in [0, 0.05) is 12.1 Å². The molecule has 0 radical (unpaired) electrons. The number of aromatic nitrogens is 5. The lowest BCUT2D eigenvalue weighted by atomic mass is 10.1. The van der Waals surface area contributed by atoms with E-state index in [0.717, 1.165) is 11.3 Å². The highest BCUT2D eigenvalue weighted by Crippen LogP contribution is 2.16. The van der Waals surface area contributed by atoms with Crippen LogP contribution in [0.15, 0.2) is 70.6 Å². The number of rotatable bonds is 6. The number of nitrogens with zero attached hydrogens (tertiary/aromatic N) is 4. The normalized spacial score (nSPS) is 10.9. The minimum Gasteiger partial charge on any atom is -0.325 e. The molecule has 2 N–H and O–H groups in total. The van der Waals surface area contributed by atoms with Crippen LogP contribution in [0.5, 0.6) is 0 Å². The van der Waals surface area contributed by atoms with Gasteiger partial charge in [-0.15, -0.1) is 10.2 Å². The van der Waals surface area contributed by atoms with Crippen LogP contribution < -0.4 is 10.9 Å². The number of benzene rings is 2. The van der Waals surface area contributed by atoms with Crippen molar-refractivity contribution in [2.75, 3.05) is 11.1 Å². The molecule has 4 rings (SSSR count). The van der Waals surface area contributed by atoms with Crippen molar-refractivity contribution in [2.45, 2.75) is 11.6 Å². The number of thioether (sulfide) groups is 1. The van der Waals surface area contributed by atoms with Crippen LogP contribution >= 0.6 is 11.8 Å². The molecule has 0 fully saturated rings. The van der Waals surface area contributed by atoms with Crippen molar-refractivity contribution in [2.24, 2.45) is 0 Å². The lowest BCUT2D eigenvalue weighted by Crippen LogP contribution is -2.19. The molecule has 0 bridgehead atoms. The smallest absolute Gasteiger partial charge is 0.274 e. The second-order valence-corrected chi connectivity index (χ2v) is 6.93. The first kappa shape index (κ1) is 17.9. The van der Waals surface area contributed by atoms with Crippen LogP contribution in [0.4, 0.5) is 5.69 Å². The number of hydrogen-bond donors (Lipinski definition) is 2. The van der Waals surface area contributed by atoms with Crippen molar-refractivity contribution < 1.29 is 4.79 Å². The molecule has 0 saturated carbocycles. The highest BCUT2D eigenvalue weighted by molar-refractivity contribution is 7.99. The van der Waals surface area contributed by atoms with E-state index in [-0.39, 0.29) is 23.0 Å². The highest BCUT2D eigenvalue weighted by atomic mass is 32.2. The lowest BCUT2D eigenvalue weighted by molar-refractivity contribution is -0.113. The zero-order valence-corrected chi connectivity index (χ0v) is 15.5. The average molecular weight is 392 g/mol. The standard InChI is InChI=1S/C19H16N6O2S/c26-16(20-14-9-5-2-6-10-14)12-28-19-23-22-18-21-17(27)15(24-25(18)19)11-13-7-3-1-4-8-13/h1-10H,11-12H2,(H,20,26)(H,21,22,27). The van der Waals surface area contributed by atoms with Gasteiger partial charge in [0.1, 0.15) is 5.69 Å². The summed E-state index contributed by atoms with van der Waals surface area (Å²) in [5.74, 6) is 0.222. The van der Waals surface area contributed by atoms with Crippen LogP contribution in [-0.4, -0.2) is 36.5 Å². The molecule has 2 aromatic carbocycles. The molecule has 2 aromatic heterocycles. The summed E-state index contributed by atoms with van der Waals surface area (Å²) in [6.45, 7) is 0. The van der Waals surface area contributed by atoms with Crippen LogP contribution in [0, 0.1) is 0 Å². The Kier molecular flexibility index (Phi) is 5.16. The average Bonchev–Trinajstić information content (AvgIpc) is 3.10. The molecular formula is C19H16N6O2S. The molecule has 2 heterocycles. The summed E-state index contributed by atoms with van der Waals surface area (Å²) >= 11 is 1.20. The number of hydrogen-bond acceptors (Lipinski definition) is 6. The molecule has 0 aliphatic rings. The first-order valence-corrected chi connectivity index (χ1v) is 9.54. The van der Waals surface area contributed by atoms with Gasteiger partial charge in [0.15, 0.2) is 0 Å². The van der Waals surface area contributed by atoms with E-state index in [2.05, 4.69) is 25.6 Å². The van der Waals surface area contributed by atoms with Gasteiger partial charge in [-0.1, -0.05) is 60.3 Å². The first-order valence-electron chi connectivity index (χ1n) is 8.55. The fraction of sp³-hybridized carbons (Fsp3) is 0.105. The molecule has 140 valence electrons. The van der Waals surface area contributed by atoms with Crippen LogP contribution in [-0.2, 0) is 11.2 Å². The molecule has 9 heteroatoms. The Morgan fingerprint density at radius 2 is 1.75 bits per heavy atom. The summed E-state index contributed by atoms with van der Waals surface area (Å²) in [7, 11) is 0. The van der Waals surface area contributed by atoms with Gasteiger partial charge in [-0.3, -0.25) is 14.6 Å². The first-order chi connectivity index (χ1) is 13.7. The van der Waals surface area contributed by atoms with E-state index in [1.54, 1.807) is 0 Å². The molecule has 0 aliphatic heterocycles. The molecule has 28 heavy (non-hydrogen) atoms. The van der Waals surface area contributed by atoms with E-state index >= 15 is 0 Å². The molecule has 0 saturated heterocycles. The van der Waals surface area contributed by atoms with Crippen molar-refractivity contribution in [1.82, 2.24) is 24.8 Å². The maximum Gasteiger partial charge on any atom is 0.274 e. The van der Waals surface area contributed by atoms with E-state index < -0.39 is 0 Å². The number of anilines is 1. The van der Waals surface area contributed by atoms with E-state index in [9.17, 15) is 9.59 Å². The Balaban J connectivity index is 1.50. The monoisotopic (exact) mass is 392 g/mol. The Morgan fingerprint density at radius 3 is 2.50 bits per heavy atom. The van der Waals surface area contributed by atoms with Gasteiger partial charge in [-0.05, 0) is 17.7 Å². The summed E-state index contributed by atoms with van der Waals surface area (Å²) in [6, 6.07) is 18.8. The van der Waals surface area contributed by atoms with E-state index in [1.165, 1.54) is 16.3 Å². The maximum absolute atomic E-state index is 12.2. The van der Waals surface area contributed by atoms with Crippen molar-refractivity contribution in [1.29, 1.82) is 0 Å². The van der Waals surface area contributed by atoms with Crippen molar-refractivity contribution in [3.63, 3.8) is 0 Å². The number of para-hydroxylation sites is 1. The van der Waals surface area contributed by atoms with Gasteiger partial charge in [0.2, 0.25) is 11.1 Å². The summed E-state index contributed by atoms with van der Waals surface area (Å²) in [5.41, 5.74) is 1.76. The van der Waals surface area contributed by atoms with E-state index in [0.29, 0.717) is 17.3 Å². The van der Waals surface area contributed by atoms with Crippen LogP contribution in [0.2, 0.25) is 0 Å². The summed E-state index contributed by atoms with van der Waals surface area (Å²) in [4.78, 5) is 27.1. The molecule has 0 atom stereocenters. The number of amides is 1. The van der Waals surface area contributed by atoms with Gasteiger partial charge in [0.05, 0.1) is 5.75 Å². The van der Waals surface area contributed by atoms with E-state index in [4.69, 9.17) is 0 Å². The van der Waals surface area contributed by atoms with Crippen molar-refractivity contribution in [3.8, 4) is 0 Å². The van der Waals surface area contributed by atoms with Crippen LogP contribution in [0.3, 0.4) is 0 Å².